The van der Waals surface area contributed by atoms with Crippen LogP contribution in [0.4, 0.5) is 0 Å². The van der Waals surface area contributed by atoms with E-state index < -0.39 is 24.0 Å². The van der Waals surface area contributed by atoms with Gasteiger partial charge in [-0.25, -0.2) is 4.79 Å². The molecular formula is C18H22O5. The number of carboxylic acid groups (broad SMARTS) is 2. The normalized spacial score (nSPS) is 19.4. The molecule has 3 unspecified atom stereocenters. The van der Waals surface area contributed by atoms with E-state index in [1.165, 1.54) is 17.2 Å². The van der Waals surface area contributed by atoms with Gasteiger partial charge >= 0.3 is 11.9 Å². The van der Waals surface area contributed by atoms with E-state index in [9.17, 15) is 19.8 Å². The summed E-state index contributed by atoms with van der Waals surface area (Å²) in [6, 6.07) is 8.12. The molecule has 23 heavy (non-hydrogen) atoms. The molecule has 2 N–H and O–H groups in total. The molecule has 0 fully saturated rings. The Morgan fingerprint density at radius 3 is 2.57 bits per heavy atom. The second kappa shape index (κ2) is 7.92. The molecule has 0 bridgehead atoms. The van der Waals surface area contributed by atoms with Crippen LogP contribution in [0.5, 0.6) is 0 Å². The first-order chi connectivity index (χ1) is 11.0. The summed E-state index contributed by atoms with van der Waals surface area (Å²) >= 11 is 0. The molecule has 1 aliphatic carbocycles. The van der Waals surface area contributed by atoms with Gasteiger partial charge < -0.3 is 14.9 Å². The van der Waals surface area contributed by atoms with Crippen LogP contribution < -0.4 is 0 Å². The molecule has 0 spiro atoms. The topological polar surface area (TPSA) is 83.8 Å². The van der Waals surface area contributed by atoms with Crippen LogP contribution in [-0.4, -0.2) is 34.9 Å². The first-order valence-electron chi connectivity index (χ1n) is 7.77. The monoisotopic (exact) mass is 318 g/mol. The molecule has 5 heteroatoms. The number of ether oxygens (including phenoxy) is 1. The Morgan fingerprint density at radius 1 is 1.26 bits per heavy atom. The second-order valence-corrected chi connectivity index (χ2v) is 5.94. The average Bonchev–Trinajstić information content (AvgIpc) is 2.53. The number of hydrogen-bond acceptors (Lipinski definition) is 3. The van der Waals surface area contributed by atoms with E-state index in [-0.39, 0.29) is 12.5 Å². The number of aliphatic carboxylic acids is 2. The highest BCUT2D eigenvalue weighted by Gasteiger charge is 2.37. The summed E-state index contributed by atoms with van der Waals surface area (Å²) in [4.78, 5) is 22.9. The number of benzene rings is 1. The molecule has 0 aromatic heterocycles. The minimum absolute atomic E-state index is 0.0221. The second-order valence-electron chi connectivity index (χ2n) is 5.94. The van der Waals surface area contributed by atoms with Crippen LogP contribution in [0.15, 0.2) is 36.9 Å². The number of aryl methyl sites for hydroxylation is 1. The molecule has 1 aromatic carbocycles. The van der Waals surface area contributed by atoms with Gasteiger partial charge in [-0.1, -0.05) is 30.3 Å². The maximum absolute atomic E-state index is 11.6. The van der Waals surface area contributed by atoms with Crippen molar-refractivity contribution in [3.05, 3.63) is 48.0 Å². The minimum Gasteiger partial charge on any atom is -0.481 e. The highest BCUT2D eigenvalue weighted by Crippen LogP contribution is 2.31. The Bertz CT molecular complexity index is 581. The SMILES string of the molecule is C=CCOC(C(=O)O)C(CC1CCc2ccccc2C1)C(=O)O. The number of hydrogen-bond donors (Lipinski definition) is 2. The lowest BCUT2D eigenvalue weighted by Gasteiger charge is -2.28. The molecule has 0 radical (unpaired) electrons. The summed E-state index contributed by atoms with van der Waals surface area (Å²) in [5.41, 5.74) is 2.53. The Hall–Kier alpha value is -2.14. The van der Waals surface area contributed by atoms with E-state index in [0.29, 0.717) is 6.42 Å². The summed E-state index contributed by atoms with van der Waals surface area (Å²) in [7, 11) is 0. The zero-order valence-electron chi connectivity index (χ0n) is 13.0. The Kier molecular flexibility index (Phi) is 5.93. The lowest BCUT2D eigenvalue weighted by atomic mass is 9.78. The quantitative estimate of drug-likeness (QED) is 0.720. The van der Waals surface area contributed by atoms with Crippen LogP contribution in [0.1, 0.15) is 24.0 Å². The van der Waals surface area contributed by atoms with Crippen LogP contribution in [0, 0.1) is 11.8 Å². The van der Waals surface area contributed by atoms with Crippen molar-refractivity contribution in [1.82, 2.24) is 0 Å². The largest absolute Gasteiger partial charge is 0.481 e. The summed E-state index contributed by atoms with van der Waals surface area (Å²) in [5.74, 6) is -3.27. The number of carboxylic acids is 2. The van der Waals surface area contributed by atoms with Crippen LogP contribution in [0.25, 0.3) is 0 Å². The number of rotatable bonds is 8. The zero-order chi connectivity index (χ0) is 16.8. The number of fused-ring (bicyclic) bond motifs is 1. The highest BCUT2D eigenvalue weighted by molar-refractivity contribution is 5.81. The van der Waals surface area contributed by atoms with Crippen molar-refractivity contribution >= 4 is 11.9 Å². The zero-order valence-corrected chi connectivity index (χ0v) is 13.0. The average molecular weight is 318 g/mol. The third-order valence-electron chi connectivity index (χ3n) is 4.36. The smallest absolute Gasteiger partial charge is 0.333 e. The molecular weight excluding hydrogens is 296 g/mol. The predicted molar refractivity (Wildman–Crippen MR) is 85.3 cm³/mol. The van der Waals surface area contributed by atoms with Gasteiger partial charge in [-0.15, -0.1) is 6.58 Å². The van der Waals surface area contributed by atoms with E-state index in [0.717, 1.165) is 19.3 Å². The molecule has 1 aliphatic rings. The lowest BCUT2D eigenvalue weighted by Crippen LogP contribution is -2.39. The van der Waals surface area contributed by atoms with Crippen LogP contribution in [-0.2, 0) is 27.2 Å². The first kappa shape index (κ1) is 17.2. The van der Waals surface area contributed by atoms with Gasteiger partial charge in [0.15, 0.2) is 6.10 Å². The Labute approximate surface area is 135 Å². The van der Waals surface area contributed by atoms with Gasteiger partial charge in [-0.3, -0.25) is 4.79 Å². The molecule has 5 nitrogen and oxygen atoms in total. The van der Waals surface area contributed by atoms with E-state index in [4.69, 9.17) is 4.74 Å². The summed E-state index contributed by atoms with van der Waals surface area (Å²) in [6.45, 7) is 3.49. The van der Waals surface area contributed by atoms with Crippen LogP contribution >= 0.6 is 0 Å². The minimum atomic E-state index is -1.34. The van der Waals surface area contributed by atoms with Gasteiger partial charge in [-0.05, 0) is 42.7 Å². The highest BCUT2D eigenvalue weighted by atomic mass is 16.5. The van der Waals surface area contributed by atoms with Crippen molar-refractivity contribution in [2.45, 2.75) is 31.8 Å². The molecule has 1 aromatic rings. The fraction of sp³-hybridized carbons (Fsp3) is 0.444. The van der Waals surface area contributed by atoms with Gasteiger partial charge in [0.25, 0.3) is 0 Å². The van der Waals surface area contributed by atoms with Gasteiger partial charge in [-0.2, -0.15) is 0 Å². The Morgan fingerprint density at radius 2 is 1.96 bits per heavy atom. The fourth-order valence-electron chi connectivity index (χ4n) is 3.22. The van der Waals surface area contributed by atoms with Crippen molar-refractivity contribution in [3.8, 4) is 0 Å². The maximum atomic E-state index is 11.6. The van der Waals surface area contributed by atoms with Crippen molar-refractivity contribution < 1.29 is 24.5 Å². The van der Waals surface area contributed by atoms with Crippen molar-refractivity contribution in [2.24, 2.45) is 11.8 Å². The molecule has 0 amide bonds. The first-order valence-corrected chi connectivity index (χ1v) is 7.77. The lowest BCUT2D eigenvalue weighted by molar-refractivity contribution is -0.164. The van der Waals surface area contributed by atoms with Gasteiger partial charge in [0.1, 0.15) is 0 Å². The van der Waals surface area contributed by atoms with E-state index in [1.54, 1.807) is 0 Å². The molecule has 0 heterocycles. The van der Waals surface area contributed by atoms with E-state index >= 15 is 0 Å². The molecule has 0 saturated carbocycles. The summed E-state index contributed by atoms with van der Waals surface area (Å²) in [6.07, 6.45) is 2.94. The summed E-state index contributed by atoms with van der Waals surface area (Å²) in [5, 5.41) is 18.7. The van der Waals surface area contributed by atoms with Crippen molar-refractivity contribution in [2.75, 3.05) is 6.61 Å². The van der Waals surface area contributed by atoms with Crippen molar-refractivity contribution in [3.63, 3.8) is 0 Å². The molecule has 0 aliphatic heterocycles. The fourth-order valence-corrected chi connectivity index (χ4v) is 3.22. The van der Waals surface area contributed by atoms with E-state index in [1.807, 2.05) is 12.1 Å². The van der Waals surface area contributed by atoms with Gasteiger partial charge in [0, 0.05) is 0 Å². The molecule has 2 rings (SSSR count). The summed E-state index contributed by atoms with van der Waals surface area (Å²) < 4.78 is 5.19. The third kappa shape index (κ3) is 4.42. The van der Waals surface area contributed by atoms with Crippen LogP contribution in [0.3, 0.4) is 0 Å². The Balaban J connectivity index is 2.09. The van der Waals surface area contributed by atoms with Crippen molar-refractivity contribution in [1.29, 1.82) is 0 Å². The number of carbonyl (C=O) groups is 2. The third-order valence-corrected chi connectivity index (χ3v) is 4.36. The maximum Gasteiger partial charge on any atom is 0.333 e. The van der Waals surface area contributed by atoms with Gasteiger partial charge in [0.05, 0.1) is 12.5 Å². The molecule has 124 valence electrons. The standard InChI is InChI=1S/C18H22O5/c1-2-9-23-16(18(21)22)15(17(19)20)11-12-7-8-13-5-3-4-6-14(13)10-12/h2-6,12,15-16H,1,7-11H2,(H,19,20)(H,21,22). The molecule has 3 atom stereocenters. The molecule has 0 saturated heterocycles. The van der Waals surface area contributed by atoms with E-state index in [2.05, 4.69) is 18.7 Å². The van der Waals surface area contributed by atoms with Crippen LogP contribution in [0.2, 0.25) is 0 Å². The van der Waals surface area contributed by atoms with Gasteiger partial charge in [0.2, 0.25) is 0 Å². The predicted octanol–water partition coefficient (Wildman–Crippen LogP) is 2.54.